The number of rotatable bonds is 3. The van der Waals surface area contributed by atoms with Crippen LogP contribution in [0.3, 0.4) is 0 Å². The lowest BCUT2D eigenvalue weighted by atomic mass is 9.97. The third-order valence-corrected chi connectivity index (χ3v) is 3.91. The van der Waals surface area contributed by atoms with Crippen LogP contribution in [0.15, 0.2) is 73.1 Å². The fraction of sp³-hybridized carbons (Fsp3) is 0. The molecule has 126 valence electrons. The maximum absolute atomic E-state index is 6.10. The normalized spacial score (nSPS) is 10.6. The fourth-order valence-corrected chi connectivity index (χ4v) is 2.83. The predicted molar refractivity (Wildman–Crippen MR) is 103 cm³/mol. The molecular formula is C20H16N6. The van der Waals surface area contributed by atoms with Gasteiger partial charge >= 0.3 is 0 Å². The van der Waals surface area contributed by atoms with Crippen LogP contribution in [0.4, 0.5) is 11.6 Å². The second-order valence-electron chi connectivity index (χ2n) is 5.70. The molecule has 6 nitrogen and oxygen atoms in total. The Morgan fingerprint density at radius 2 is 1.31 bits per heavy atom. The molecule has 0 atom stereocenters. The highest BCUT2D eigenvalue weighted by molar-refractivity contribution is 5.91. The van der Waals surface area contributed by atoms with Gasteiger partial charge in [-0.2, -0.15) is 0 Å². The van der Waals surface area contributed by atoms with Crippen LogP contribution < -0.4 is 11.5 Å². The van der Waals surface area contributed by atoms with Crippen molar-refractivity contribution in [2.24, 2.45) is 0 Å². The average molecular weight is 340 g/mol. The van der Waals surface area contributed by atoms with Gasteiger partial charge in [0.05, 0.1) is 17.1 Å². The maximum Gasteiger partial charge on any atom is 0.124 e. The van der Waals surface area contributed by atoms with Gasteiger partial charge < -0.3 is 11.5 Å². The zero-order valence-electron chi connectivity index (χ0n) is 13.9. The van der Waals surface area contributed by atoms with Crippen molar-refractivity contribution in [3.63, 3.8) is 0 Å². The molecule has 4 aromatic rings. The molecule has 0 aliphatic carbocycles. The van der Waals surface area contributed by atoms with Gasteiger partial charge in [-0.05, 0) is 42.5 Å². The summed E-state index contributed by atoms with van der Waals surface area (Å²) in [6, 6.07) is 18.7. The Balaban J connectivity index is 2.07. The fourth-order valence-electron chi connectivity index (χ4n) is 2.83. The minimum Gasteiger partial charge on any atom is -0.384 e. The summed E-state index contributed by atoms with van der Waals surface area (Å²) >= 11 is 0. The van der Waals surface area contributed by atoms with Crippen LogP contribution >= 0.6 is 0 Å². The molecule has 0 amide bonds. The Hall–Kier alpha value is -3.80. The minimum atomic E-state index is 0.379. The number of nitrogen functional groups attached to an aromatic ring is 2. The van der Waals surface area contributed by atoms with Gasteiger partial charge in [0.15, 0.2) is 0 Å². The summed E-state index contributed by atoms with van der Waals surface area (Å²) in [6.07, 6.45) is 3.48. The number of aromatic nitrogens is 4. The molecule has 4 rings (SSSR count). The van der Waals surface area contributed by atoms with Crippen LogP contribution in [0.1, 0.15) is 0 Å². The summed E-state index contributed by atoms with van der Waals surface area (Å²) in [4.78, 5) is 17.9. The molecule has 0 aliphatic rings. The van der Waals surface area contributed by atoms with Gasteiger partial charge in [-0.1, -0.05) is 18.2 Å². The lowest BCUT2D eigenvalue weighted by molar-refractivity contribution is 1.23. The molecule has 4 aromatic heterocycles. The third kappa shape index (κ3) is 2.95. The predicted octanol–water partition coefficient (Wildman–Crippen LogP) is 3.43. The molecular weight excluding hydrogens is 324 g/mol. The van der Waals surface area contributed by atoms with E-state index in [-0.39, 0.29) is 0 Å². The molecule has 0 saturated heterocycles. The number of nitrogens with two attached hydrogens (primary N) is 2. The summed E-state index contributed by atoms with van der Waals surface area (Å²) in [5.41, 5.74) is 16.4. The molecule has 0 spiro atoms. The lowest BCUT2D eigenvalue weighted by Crippen LogP contribution is -2.02. The summed E-state index contributed by atoms with van der Waals surface area (Å²) in [6.45, 7) is 0. The Bertz CT molecular complexity index is 1050. The lowest BCUT2D eigenvalue weighted by Gasteiger charge is -2.14. The standard InChI is InChI=1S/C20H16N6/c21-17-9-5-8-16(25-17)20-19(15-7-2-4-11-24-15)13(12-18(22)26-20)14-6-1-3-10-23-14/h1-12H,(H2,21,25)(H2,22,26). The SMILES string of the molecule is Nc1cccc(-c2nc(N)cc(-c3ccccn3)c2-c2ccccn2)n1. The highest BCUT2D eigenvalue weighted by atomic mass is 14.9. The quantitative estimate of drug-likeness (QED) is 0.592. The van der Waals surface area contributed by atoms with Crippen molar-refractivity contribution in [1.29, 1.82) is 0 Å². The first-order chi connectivity index (χ1) is 12.7. The van der Waals surface area contributed by atoms with Crippen LogP contribution in [0.5, 0.6) is 0 Å². The van der Waals surface area contributed by atoms with E-state index in [9.17, 15) is 0 Å². The van der Waals surface area contributed by atoms with Crippen LogP contribution in [-0.4, -0.2) is 19.9 Å². The number of pyridine rings is 4. The van der Waals surface area contributed by atoms with Crippen molar-refractivity contribution < 1.29 is 0 Å². The number of nitrogens with zero attached hydrogens (tertiary/aromatic N) is 4. The molecule has 0 unspecified atom stereocenters. The zero-order chi connectivity index (χ0) is 17.9. The largest absolute Gasteiger partial charge is 0.384 e. The highest BCUT2D eigenvalue weighted by Gasteiger charge is 2.19. The molecule has 6 heteroatoms. The first-order valence-electron chi connectivity index (χ1n) is 8.08. The Kier molecular flexibility index (Phi) is 3.99. The first-order valence-corrected chi connectivity index (χ1v) is 8.08. The average Bonchev–Trinajstić information content (AvgIpc) is 2.69. The monoisotopic (exact) mass is 340 g/mol. The van der Waals surface area contributed by atoms with Crippen LogP contribution in [0.2, 0.25) is 0 Å². The Labute approximate surface area is 150 Å². The third-order valence-electron chi connectivity index (χ3n) is 3.91. The molecule has 0 radical (unpaired) electrons. The van der Waals surface area contributed by atoms with Crippen molar-refractivity contribution in [2.75, 3.05) is 11.5 Å². The van der Waals surface area contributed by atoms with Crippen LogP contribution in [0.25, 0.3) is 33.9 Å². The van der Waals surface area contributed by atoms with Crippen LogP contribution in [-0.2, 0) is 0 Å². The summed E-state index contributed by atoms with van der Waals surface area (Å²) < 4.78 is 0. The van der Waals surface area contributed by atoms with Gasteiger partial charge in [0.2, 0.25) is 0 Å². The van der Waals surface area contributed by atoms with E-state index in [4.69, 9.17) is 11.5 Å². The second-order valence-corrected chi connectivity index (χ2v) is 5.70. The van der Waals surface area contributed by atoms with Crippen LogP contribution in [0, 0.1) is 0 Å². The maximum atomic E-state index is 6.10. The molecule has 0 bridgehead atoms. The number of hydrogen-bond donors (Lipinski definition) is 2. The van der Waals surface area contributed by atoms with E-state index in [0.717, 1.165) is 22.5 Å². The molecule has 0 fully saturated rings. The molecule has 26 heavy (non-hydrogen) atoms. The van der Waals surface area contributed by atoms with Crippen molar-refractivity contribution in [1.82, 2.24) is 19.9 Å². The first kappa shape index (κ1) is 15.7. The van der Waals surface area contributed by atoms with Crippen molar-refractivity contribution in [3.05, 3.63) is 73.1 Å². The van der Waals surface area contributed by atoms with E-state index in [1.165, 1.54) is 0 Å². The van der Waals surface area contributed by atoms with Gasteiger partial charge in [0.25, 0.3) is 0 Å². The Morgan fingerprint density at radius 1 is 0.615 bits per heavy atom. The zero-order valence-corrected chi connectivity index (χ0v) is 13.9. The summed E-state index contributed by atoms with van der Waals surface area (Å²) in [5.74, 6) is 0.794. The second kappa shape index (κ2) is 6.60. The van der Waals surface area contributed by atoms with E-state index in [2.05, 4.69) is 19.9 Å². The van der Waals surface area contributed by atoms with E-state index in [0.29, 0.717) is 23.0 Å². The van der Waals surface area contributed by atoms with E-state index in [1.54, 1.807) is 18.5 Å². The molecule has 0 saturated carbocycles. The van der Waals surface area contributed by atoms with Gasteiger partial charge in [0.1, 0.15) is 17.3 Å². The van der Waals surface area contributed by atoms with Crippen molar-refractivity contribution >= 4 is 11.6 Å². The van der Waals surface area contributed by atoms with Crippen molar-refractivity contribution in [3.8, 4) is 33.9 Å². The molecule has 0 aliphatic heterocycles. The number of hydrogen-bond acceptors (Lipinski definition) is 6. The van der Waals surface area contributed by atoms with Gasteiger partial charge in [-0.25, -0.2) is 9.97 Å². The summed E-state index contributed by atoms with van der Waals surface area (Å²) in [7, 11) is 0. The molecule has 4 N–H and O–H groups in total. The van der Waals surface area contributed by atoms with Gasteiger partial charge in [-0.3, -0.25) is 9.97 Å². The topological polar surface area (TPSA) is 104 Å². The van der Waals surface area contributed by atoms with E-state index >= 15 is 0 Å². The molecule has 0 aromatic carbocycles. The minimum absolute atomic E-state index is 0.379. The number of anilines is 2. The summed E-state index contributed by atoms with van der Waals surface area (Å²) in [5, 5.41) is 0. The highest BCUT2D eigenvalue weighted by Crippen LogP contribution is 2.38. The van der Waals surface area contributed by atoms with Gasteiger partial charge in [0, 0.05) is 23.5 Å². The smallest absolute Gasteiger partial charge is 0.124 e. The van der Waals surface area contributed by atoms with Gasteiger partial charge in [-0.15, -0.1) is 0 Å². The van der Waals surface area contributed by atoms with Crippen molar-refractivity contribution in [2.45, 2.75) is 0 Å². The van der Waals surface area contributed by atoms with E-state index < -0.39 is 0 Å². The molecule has 4 heterocycles. The van der Waals surface area contributed by atoms with E-state index in [1.807, 2.05) is 54.6 Å². The Morgan fingerprint density at radius 3 is 1.96 bits per heavy atom.